The smallest absolute Gasteiger partial charge is 0.274 e. The average Bonchev–Trinajstić information content (AvgIpc) is 2.88. The molecular formula is C27H29N3O5. The van der Waals surface area contributed by atoms with E-state index in [-0.39, 0.29) is 24.2 Å². The third-order valence-corrected chi connectivity index (χ3v) is 6.39. The van der Waals surface area contributed by atoms with Gasteiger partial charge in [0.2, 0.25) is 11.8 Å². The van der Waals surface area contributed by atoms with Gasteiger partial charge in [-0.2, -0.15) is 0 Å². The normalized spacial score (nSPS) is 15.2. The minimum atomic E-state index is -0.651. The molecule has 4 rings (SSSR count). The molecule has 1 aliphatic heterocycles. The van der Waals surface area contributed by atoms with Gasteiger partial charge < -0.3 is 24.2 Å². The molecule has 0 aliphatic carbocycles. The minimum absolute atomic E-state index is 0.0592. The number of ether oxygens (including phenoxy) is 1. The zero-order chi connectivity index (χ0) is 24.9. The number of aromatic nitrogens is 1. The second-order valence-electron chi connectivity index (χ2n) is 8.70. The van der Waals surface area contributed by atoms with Crippen molar-refractivity contribution in [2.45, 2.75) is 18.5 Å². The zero-order valence-electron chi connectivity index (χ0n) is 19.8. The van der Waals surface area contributed by atoms with E-state index in [9.17, 15) is 19.5 Å². The maximum atomic E-state index is 13.5. The molecule has 2 aromatic carbocycles. The number of carbonyl (C=O) groups is 2. The summed E-state index contributed by atoms with van der Waals surface area (Å²) < 4.78 is 6.98. The number of hydrogen-bond donors (Lipinski definition) is 1. The standard InChI is InChI=1S/C27H29N3O5/c1-28(18-31)16-21-15-23(32)26(33)25-27(34)29(13-14-35-2)17-22(30(21)25)24(19-9-5-3-6-10-19)20-11-7-4-8-12-20/h3-12,15,18,22,24,33H,13-14,16-17H2,1-2H3. The number of carbonyl (C=O) groups excluding carboxylic acids is 2. The van der Waals surface area contributed by atoms with E-state index in [0.29, 0.717) is 31.8 Å². The van der Waals surface area contributed by atoms with Crippen molar-refractivity contribution in [3.8, 4) is 5.75 Å². The van der Waals surface area contributed by atoms with Crippen LogP contribution in [-0.4, -0.2) is 65.6 Å². The Morgan fingerprint density at radius 1 is 1.09 bits per heavy atom. The lowest BCUT2D eigenvalue weighted by Gasteiger charge is -2.42. The molecule has 2 amide bonds. The molecule has 0 spiro atoms. The third-order valence-electron chi connectivity index (χ3n) is 6.39. The van der Waals surface area contributed by atoms with Gasteiger partial charge in [0.1, 0.15) is 0 Å². The molecule has 0 fully saturated rings. The first-order valence-corrected chi connectivity index (χ1v) is 11.5. The quantitative estimate of drug-likeness (QED) is 0.481. The minimum Gasteiger partial charge on any atom is -0.503 e. The van der Waals surface area contributed by atoms with Crippen molar-refractivity contribution in [1.29, 1.82) is 0 Å². The molecule has 0 radical (unpaired) electrons. The van der Waals surface area contributed by atoms with Gasteiger partial charge in [0, 0.05) is 44.9 Å². The molecule has 1 aromatic heterocycles. The number of pyridine rings is 1. The summed E-state index contributed by atoms with van der Waals surface area (Å²) in [6.45, 7) is 1.08. The molecule has 35 heavy (non-hydrogen) atoms. The fourth-order valence-corrected chi connectivity index (χ4v) is 4.81. The molecule has 0 bridgehead atoms. The van der Waals surface area contributed by atoms with E-state index < -0.39 is 17.1 Å². The van der Waals surface area contributed by atoms with E-state index in [1.54, 1.807) is 23.6 Å². The Bertz CT molecular complexity index is 1200. The van der Waals surface area contributed by atoms with E-state index in [2.05, 4.69) is 0 Å². The Balaban J connectivity index is 1.99. The molecule has 182 valence electrons. The highest BCUT2D eigenvalue weighted by atomic mass is 16.5. The Hall–Kier alpha value is -3.91. The van der Waals surface area contributed by atoms with E-state index in [1.165, 1.54) is 11.0 Å². The molecule has 8 nitrogen and oxygen atoms in total. The van der Waals surface area contributed by atoms with E-state index in [1.807, 2.05) is 60.7 Å². The Morgan fingerprint density at radius 3 is 2.23 bits per heavy atom. The van der Waals surface area contributed by atoms with Gasteiger partial charge in [-0.3, -0.25) is 14.4 Å². The van der Waals surface area contributed by atoms with Crippen LogP contribution in [0, 0.1) is 0 Å². The number of benzene rings is 2. The largest absolute Gasteiger partial charge is 0.503 e. The van der Waals surface area contributed by atoms with Gasteiger partial charge in [0.15, 0.2) is 11.4 Å². The Morgan fingerprint density at radius 2 is 1.69 bits per heavy atom. The van der Waals surface area contributed by atoms with E-state index in [0.717, 1.165) is 11.1 Å². The summed E-state index contributed by atoms with van der Waals surface area (Å²) in [7, 11) is 3.17. The average molecular weight is 476 g/mol. The second-order valence-corrected chi connectivity index (χ2v) is 8.70. The predicted octanol–water partition coefficient (Wildman–Crippen LogP) is 2.62. The lowest BCUT2D eigenvalue weighted by atomic mass is 9.83. The van der Waals surface area contributed by atoms with Crippen molar-refractivity contribution < 1.29 is 19.4 Å². The maximum absolute atomic E-state index is 13.5. The second kappa shape index (κ2) is 10.6. The van der Waals surface area contributed by atoms with Gasteiger partial charge in [-0.25, -0.2) is 0 Å². The first kappa shape index (κ1) is 24.2. The van der Waals surface area contributed by atoms with Gasteiger partial charge >= 0.3 is 0 Å². The highest BCUT2D eigenvalue weighted by Gasteiger charge is 2.40. The van der Waals surface area contributed by atoms with Crippen LogP contribution in [0.5, 0.6) is 5.75 Å². The number of methoxy groups -OCH3 is 1. The molecular weight excluding hydrogens is 446 g/mol. The molecule has 1 atom stereocenters. The van der Waals surface area contributed by atoms with Crippen molar-refractivity contribution in [3.63, 3.8) is 0 Å². The number of aromatic hydroxyl groups is 1. The van der Waals surface area contributed by atoms with Crippen LogP contribution in [0.15, 0.2) is 71.5 Å². The zero-order valence-corrected chi connectivity index (χ0v) is 19.8. The van der Waals surface area contributed by atoms with Crippen LogP contribution in [-0.2, 0) is 16.1 Å². The molecule has 3 aromatic rings. The van der Waals surface area contributed by atoms with Crippen molar-refractivity contribution >= 4 is 12.3 Å². The summed E-state index contributed by atoms with van der Waals surface area (Å²) in [5, 5.41) is 10.8. The number of hydrogen-bond acceptors (Lipinski definition) is 5. The number of fused-ring (bicyclic) bond motifs is 1. The summed E-state index contributed by atoms with van der Waals surface area (Å²) in [4.78, 5) is 40.7. The third kappa shape index (κ3) is 4.83. The lowest BCUT2D eigenvalue weighted by Crippen LogP contribution is -2.48. The van der Waals surface area contributed by atoms with Crippen molar-refractivity contribution in [3.05, 3.63) is 99.5 Å². The van der Waals surface area contributed by atoms with E-state index in [4.69, 9.17) is 4.74 Å². The molecule has 1 N–H and O–H groups in total. The summed E-state index contributed by atoms with van der Waals surface area (Å²) >= 11 is 0. The fourth-order valence-electron chi connectivity index (χ4n) is 4.81. The van der Waals surface area contributed by atoms with Crippen molar-refractivity contribution in [2.24, 2.45) is 0 Å². The van der Waals surface area contributed by atoms with Crippen LogP contribution >= 0.6 is 0 Å². The fraction of sp³-hybridized carbons (Fsp3) is 0.296. The van der Waals surface area contributed by atoms with Crippen molar-refractivity contribution in [1.82, 2.24) is 14.4 Å². The predicted molar refractivity (Wildman–Crippen MR) is 131 cm³/mol. The molecule has 1 unspecified atom stereocenters. The maximum Gasteiger partial charge on any atom is 0.274 e. The first-order valence-electron chi connectivity index (χ1n) is 11.5. The van der Waals surface area contributed by atoms with Gasteiger partial charge in [-0.15, -0.1) is 0 Å². The van der Waals surface area contributed by atoms with Gasteiger partial charge in [0.25, 0.3) is 5.91 Å². The summed E-state index contributed by atoms with van der Waals surface area (Å²) in [5.74, 6) is -1.22. The monoisotopic (exact) mass is 475 g/mol. The highest BCUT2D eigenvalue weighted by molar-refractivity contribution is 5.96. The van der Waals surface area contributed by atoms with Gasteiger partial charge in [-0.05, 0) is 11.1 Å². The Labute approximate surface area is 204 Å². The van der Waals surface area contributed by atoms with Crippen LogP contribution in [0.25, 0.3) is 0 Å². The molecule has 1 aliphatic rings. The molecule has 0 saturated carbocycles. The number of nitrogens with zero attached hydrogens (tertiary/aromatic N) is 3. The van der Waals surface area contributed by atoms with Gasteiger partial charge in [0.05, 0.1) is 19.2 Å². The lowest BCUT2D eigenvalue weighted by molar-refractivity contribution is -0.117. The molecule has 2 heterocycles. The highest BCUT2D eigenvalue weighted by Crippen LogP contribution is 2.40. The molecule has 8 heteroatoms. The Kier molecular flexibility index (Phi) is 7.31. The summed E-state index contributed by atoms with van der Waals surface area (Å²) in [6.07, 6.45) is 0.667. The van der Waals surface area contributed by atoms with Crippen LogP contribution in [0.1, 0.15) is 39.3 Å². The number of amides is 2. The van der Waals surface area contributed by atoms with Crippen LogP contribution in [0.2, 0.25) is 0 Å². The summed E-state index contributed by atoms with van der Waals surface area (Å²) in [5.41, 5.74) is 1.84. The topological polar surface area (TPSA) is 92.1 Å². The molecule has 0 saturated heterocycles. The van der Waals surface area contributed by atoms with Crippen LogP contribution in [0.4, 0.5) is 0 Å². The van der Waals surface area contributed by atoms with E-state index >= 15 is 0 Å². The summed E-state index contributed by atoms with van der Waals surface area (Å²) in [6, 6.07) is 20.9. The van der Waals surface area contributed by atoms with Crippen LogP contribution in [0.3, 0.4) is 0 Å². The SMILES string of the molecule is COCCN1CC(C(c2ccccc2)c2ccccc2)n2c(CN(C)C=O)cc(=O)c(O)c2C1=O. The van der Waals surface area contributed by atoms with Gasteiger partial charge in [-0.1, -0.05) is 60.7 Å². The van der Waals surface area contributed by atoms with Crippen LogP contribution < -0.4 is 5.43 Å². The number of rotatable bonds is 9. The van der Waals surface area contributed by atoms with Crippen molar-refractivity contribution in [2.75, 3.05) is 33.9 Å². The first-order chi connectivity index (χ1) is 17.0.